The van der Waals surface area contributed by atoms with Crippen molar-refractivity contribution >= 4 is 21.7 Å². The van der Waals surface area contributed by atoms with Crippen molar-refractivity contribution in [3.05, 3.63) is 0 Å². The van der Waals surface area contributed by atoms with E-state index in [1.165, 1.54) is 0 Å². The Morgan fingerprint density at radius 2 is 2.00 bits per heavy atom. The summed E-state index contributed by atoms with van der Waals surface area (Å²) in [6, 6.07) is -0.617. The van der Waals surface area contributed by atoms with E-state index in [1.807, 2.05) is 0 Å². The van der Waals surface area contributed by atoms with Crippen LogP contribution in [-0.2, 0) is 19.4 Å². The molecule has 16 heavy (non-hydrogen) atoms. The van der Waals surface area contributed by atoms with Gasteiger partial charge in [-0.1, -0.05) is 0 Å². The summed E-state index contributed by atoms with van der Waals surface area (Å²) in [6.45, 7) is 3.28. The lowest BCUT2D eigenvalue weighted by atomic mass is 10.1. The molecule has 0 aromatic carbocycles. The smallest absolute Gasteiger partial charge is 0.244 e. The summed E-state index contributed by atoms with van der Waals surface area (Å²) in [7, 11) is -3.20. The van der Waals surface area contributed by atoms with E-state index in [0.717, 1.165) is 6.26 Å². The second-order valence-corrected chi connectivity index (χ2v) is 7.23. The molecule has 1 atom stereocenters. The topological polar surface area (TPSA) is 92.3 Å². The molecule has 1 aliphatic heterocycles. The fraction of sp³-hybridized carbons (Fsp3) is 0.778. The third kappa shape index (κ3) is 2.79. The van der Waals surface area contributed by atoms with Gasteiger partial charge in [-0.15, -0.1) is 0 Å². The van der Waals surface area contributed by atoms with Crippen molar-refractivity contribution in [2.24, 2.45) is 0 Å². The molecule has 1 fully saturated rings. The van der Waals surface area contributed by atoms with Crippen LogP contribution in [0.25, 0.3) is 0 Å². The van der Waals surface area contributed by atoms with Gasteiger partial charge in [-0.05, 0) is 13.8 Å². The first-order chi connectivity index (χ1) is 7.13. The van der Waals surface area contributed by atoms with Crippen molar-refractivity contribution in [3.63, 3.8) is 0 Å². The van der Waals surface area contributed by atoms with E-state index in [-0.39, 0.29) is 18.9 Å². The Labute approximate surface area is 94.7 Å². The minimum absolute atomic E-state index is 0.0681. The summed E-state index contributed by atoms with van der Waals surface area (Å²) in [5, 5.41) is 4.95. The highest BCUT2D eigenvalue weighted by molar-refractivity contribution is 7.92. The number of sulfone groups is 1. The molecule has 92 valence electrons. The van der Waals surface area contributed by atoms with Crippen molar-refractivity contribution in [1.82, 2.24) is 10.6 Å². The zero-order chi connectivity index (χ0) is 12.6. The predicted molar refractivity (Wildman–Crippen MR) is 58.5 cm³/mol. The van der Waals surface area contributed by atoms with Gasteiger partial charge in [0.25, 0.3) is 0 Å². The van der Waals surface area contributed by atoms with Crippen molar-refractivity contribution in [2.75, 3.05) is 12.8 Å². The van der Waals surface area contributed by atoms with E-state index in [0.29, 0.717) is 0 Å². The average molecular weight is 248 g/mol. The molecule has 0 aromatic heterocycles. The van der Waals surface area contributed by atoms with Gasteiger partial charge < -0.3 is 5.32 Å². The van der Waals surface area contributed by atoms with Gasteiger partial charge in [0, 0.05) is 12.8 Å². The van der Waals surface area contributed by atoms with Crippen LogP contribution in [-0.4, -0.2) is 43.8 Å². The zero-order valence-corrected chi connectivity index (χ0v) is 10.3. The number of nitrogens with one attached hydrogen (secondary N) is 2. The maximum absolute atomic E-state index is 11.4. The van der Waals surface area contributed by atoms with Crippen molar-refractivity contribution in [2.45, 2.75) is 31.1 Å². The molecular formula is C9H16N2O4S. The standard InChI is InChI=1S/C9H16N2O4S/c1-9(2,16(3,14)15)5-10-6-4-7(12)11-8(6)13/h6,10H,4-5H2,1-3H3,(H,11,12,13). The Morgan fingerprint density at radius 3 is 2.38 bits per heavy atom. The van der Waals surface area contributed by atoms with Gasteiger partial charge in [-0.25, -0.2) is 8.42 Å². The first-order valence-electron chi connectivity index (χ1n) is 4.90. The van der Waals surface area contributed by atoms with E-state index in [4.69, 9.17) is 0 Å². The highest BCUT2D eigenvalue weighted by Gasteiger charge is 2.35. The molecule has 1 rings (SSSR count). The maximum atomic E-state index is 11.4. The van der Waals surface area contributed by atoms with E-state index in [2.05, 4.69) is 10.6 Å². The Balaban J connectivity index is 2.59. The number of carbonyl (C=O) groups is 2. The number of rotatable bonds is 4. The summed E-state index contributed by atoms with van der Waals surface area (Å²) >= 11 is 0. The van der Waals surface area contributed by atoms with Gasteiger partial charge in [-0.2, -0.15) is 0 Å². The van der Waals surface area contributed by atoms with Crippen LogP contribution in [0.5, 0.6) is 0 Å². The normalized spacial score (nSPS) is 22.3. The molecular weight excluding hydrogens is 232 g/mol. The molecule has 2 N–H and O–H groups in total. The van der Waals surface area contributed by atoms with Gasteiger partial charge in [0.1, 0.15) is 0 Å². The van der Waals surface area contributed by atoms with Crippen LogP contribution in [0, 0.1) is 0 Å². The number of amides is 2. The number of hydrogen-bond acceptors (Lipinski definition) is 5. The Morgan fingerprint density at radius 1 is 1.44 bits per heavy atom. The van der Waals surface area contributed by atoms with Crippen LogP contribution >= 0.6 is 0 Å². The van der Waals surface area contributed by atoms with Crippen LogP contribution < -0.4 is 10.6 Å². The molecule has 1 heterocycles. The maximum Gasteiger partial charge on any atom is 0.244 e. The molecule has 0 radical (unpaired) electrons. The monoisotopic (exact) mass is 248 g/mol. The third-order valence-corrected chi connectivity index (χ3v) is 4.90. The molecule has 6 nitrogen and oxygen atoms in total. The molecule has 0 spiro atoms. The van der Waals surface area contributed by atoms with Crippen LogP contribution in [0.1, 0.15) is 20.3 Å². The predicted octanol–water partition coefficient (Wildman–Crippen LogP) is -1.19. The first-order valence-corrected chi connectivity index (χ1v) is 6.79. The summed E-state index contributed by atoms with van der Waals surface area (Å²) < 4.78 is 21.8. The second-order valence-electron chi connectivity index (χ2n) is 4.58. The van der Waals surface area contributed by atoms with E-state index >= 15 is 0 Å². The van der Waals surface area contributed by atoms with E-state index < -0.39 is 26.5 Å². The largest absolute Gasteiger partial charge is 0.304 e. The van der Waals surface area contributed by atoms with Crippen molar-refractivity contribution in [3.8, 4) is 0 Å². The summed E-state index contributed by atoms with van der Waals surface area (Å²) in [5.74, 6) is -0.728. The van der Waals surface area contributed by atoms with Gasteiger partial charge in [-0.3, -0.25) is 14.9 Å². The van der Waals surface area contributed by atoms with Crippen LogP contribution in [0.3, 0.4) is 0 Å². The van der Waals surface area contributed by atoms with Crippen molar-refractivity contribution < 1.29 is 18.0 Å². The number of hydrogen-bond donors (Lipinski definition) is 2. The third-order valence-electron chi connectivity index (χ3n) is 2.75. The Bertz CT molecular complexity index is 413. The summed E-state index contributed by atoms with van der Waals surface area (Å²) in [6.07, 6.45) is 1.22. The summed E-state index contributed by atoms with van der Waals surface area (Å²) in [5.41, 5.74) is 0. The average Bonchev–Trinajstić information content (AvgIpc) is 2.39. The highest BCUT2D eigenvalue weighted by Crippen LogP contribution is 2.14. The first kappa shape index (κ1) is 13.1. The quantitative estimate of drug-likeness (QED) is 0.611. The minimum Gasteiger partial charge on any atom is -0.304 e. The summed E-state index contributed by atoms with van der Waals surface area (Å²) in [4.78, 5) is 22.1. The zero-order valence-electron chi connectivity index (χ0n) is 9.53. The van der Waals surface area contributed by atoms with Crippen LogP contribution in [0.2, 0.25) is 0 Å². The molecule has 0 saturated carbocycles. The second kappa shape index (κ2) is 4.14. The van der Waals surface area contributed by atoms with Gasteiger partial charge in [0.15, 0.2) is 9.84 Å². The van der Waals surface area contributed by atoms with Crippen LogP contribution in [0.15, 0.2) is 0 Å². The minimum atomic E-state index is -3.20. The fourth-order valence-electron chi connectivity index (χ4n) is 1.22. The van der Waals surface area contributed by atoms with Crippen molar-refractivity contribution in [1.29, 1.82) is 0 Å². The Kier molecular flexibility index (Phi) is 3.39. The Hall–Kier alpha value is -0.950. The fourth-order valence-corrected chi connectivity index (χ4v) is 1.56. The van der Waals surface area contributed by atoms with E-state index in [9.17, 15) is 18.0 Å². The molecule has 1 saturated heterocycles. The lowest BCUT2D eigenvalue weighted by Gasteiger charge is -2.24. The van der Waals surface area contributed by atoms with E-state index in [1.54, 1.807) is 13.8 Å². The molecule has 0 aromatic rings. The molecule has 2 amide bonds. The molecule has 1 unspecified atom stereocenters. The molecule has 0 aliphatic carbocycles. The SMILES string of the molecule is CC(C)(CNC1CC(=O)NC1=O)S(C)(=O)=O. The molecule has 0 bridgehead atoms. The number of carbonyl (C=O) groups excluding carboxylic acids is 2. The van der Waals surface area contributed by atoms with Crippen LogP contribution in [0.4, 0.5) is 0 Å². The van der Waals surface area contributed by atoms with Gasteiger partial charge in [0.2, 0.25) is 11.8 Å². The number of imide groups is 1. The lowest BCUT2D eigenvalue weighted by Crippen LogP contribution is -2.47. The van der Waals surface area contributed by atoms with Gasteiger partial charge in [0.05, 0.1) is 17.2 Å². The lowest BCUT2D eigenvalue weighted by molar-refractivity contribution is -0.125. The molecule has 7 heteroatoms. The highest BCUT2D eigenvalue weighted by atomic mass is 32.2. The molecule has 1 aliphatic rings. The van der Waals surface area contributed by atoms with Gasteiger partial charge >= 0.3 is 0 Å².